The normalized spacial score (nSPS) is 19.4. The third-order valence-corrected chi connectivity index (χ3v) is 3.63. The minimum absolute atomic E-state index is 0.0332. The second-order valence-corrected chi connectivity index (χ2v) is 5.73. The van der Waals surface area contributed by atoms with E-state index in [0.29, 0.717) is 6.04 Å². The number of aliphatic hydroxyl groups is 1. The molecule has 2 nitrogen and oxygen atoms in total. The van der Waals surface area contributed by atoms with E-state index in [2.05, 4.69) is 46.4 Å². The van der Waals surface area contributed by atoms with Crippen LogP contribution in [0, 0.1) is 0 Å². The highest BCUT2D eigenvalue weighted by molar-refractivity contribution is 9.10. The van der Waals surface area contributed by atoms with E-state index >= 15 is 0 Å². The predicted octanol–water partition coefficient (Wildman–Crippen LogP) is 2.49. The minimum atomic E-state index is 0.0332. The summed E-state index contributed by atoms with van der Waals surface area (Å²) in [5.41, 5.74) is 1.36. The van der Waals surface area contributed by atoms with E-state index in [1.807, 2.05) is 6.07 Å². The molecule has 0 amide bonds. The summed E-state index contributed by atoms with van der Waals surface area (Å²) in [4.78, 5) is 0. The molecule has 0 bridgehead atoms. The van der Waals surface area contributed by atoms with Crippen LogP contribution in [0.25, 0.3) is 0 Å². The fourth-order valence-corrected chi connectivity index (χ4v) is 2.54. The molecule has 0 aromatic heterocycles. The summed E-state index contributed by atoms with van der Waals surface area (Å²) in [6, 6.07) is 8.80. The van der Waals surface area contributed by atoms with E-state index in [4.69, 9.17) is 0 Å². The monoisotopic (exact) mass is 283 g/mol. The molecule has 1 unspecified atom stereocenters. The van der Waals surface area contributed by atoms with Gasteiger partial charge < -0.3 is 10.4 Å². The lowest BCUT2D eigenvalue weighted by atomic mass is 10.1. The molecule has 0 heterocycles. The minimum Gasteiger partial charge on any atom is -0.394 e. The van der Waals surface area contributed by atoms with E-state index in [-0.39, 0.29) is 12.1 Å². The Kier molecular flexibility index (Phi) is 3.67. The van der Waals surface area contributed by atoms with E-state index in [9.17, 15) is 5.11 Å². The van der Waals surface area contributed by atoms with Gasteiger partial charge in [-0.25, -0.2) is 0 Å². The Hall–Kier alpha value is -0.380. The number of hydrogen-bond acceptors (Lipinski definition) is 2. The summed E-state index contributed by atoms with van der Waals surface area (Å²) in [6.07, 6.45) is 3.21. The second-order valence-electron chi connectivity index (χ2n) is 4.82. The zero-order chi connectivity index (χ0) is 11.6. The standard InChI is InChI=1S/C13H18BrNO/c1-10(15-13(9-16)5-6-13)7-11-3-2-4-12(14)8-11/h2-4,8,10,15-16H,5-7,9H2,1H3. The average Bonchev–Trinajstić information content (AvgIpc) is 2.98. The van der Waals surface area contributed by atoms with Gasteiger partial charge in [-0.15, -0.1) is 0 Å². The number of halogens is 1. The third kappa shape index (κ3) is 3.06. The van der Waals surface area contributed by atoms with Gasteiger partial charge in [-0.2, -0.15) is 0 Å². The van der Waals surface area contributed by atoms with Crippen molar-refractivity contribution in [1.29, 1.82) is 0 Å². The maximum absolute atomic E-state index is 9.25. The van der Waals surface area contributed by atoms with Crippen molar-refractivity contribution in [3.8, 4) is 0 Å². The average molecular weight is 284 g/mol. The summed E-state index contributed by atoms with van der Waals surface area (Å²) in [5, 5.41) is 12.8. The second kappa shape index (κ2) is 4.86. The number of aliphatic hydroxyl groups excluding tert-OH is 1. The smallest absolute Gasteiger partial charge is 0.0613 e. The zero-order valence-electron chi connectivity index (χ0n) is 9.54. The summed E-state index contributed by atoms with van der Waals surface area (Å²) >= 11 is 3.48. The third-order valence-electron chi connectivity index (χ3n) is 3.14. The van der Waals surface area contributed by atoms with Crippen LogP contribution >= 0.6 is 15.9 Å². The van der Waals surface area contributed by atoms with Crippen molar-refractivity contribution in [2.24, 2.45) is 0 Å². The molecule has 1 aliphatic carbocycles. The summed E-state index contributed by atoms with van der Waals surface area (Å²) in [7, 11) is 0. The Morgan fingerprint density at radius 1 is 1.50 bits per heavy atom. The van der Waals surface area contributed by atoms with Crippen molar-refractivity contribution in [1.82, 2.24) is 5.32 Å². The number of hydrogen-bond donors (Lipinski definition) is 2. The topological polar surface area (TPSA) is 32.3 Å². The molecule has 16 heavy (non-hydrogen) atoms. The Bertz CT molecular complexity index is 363. The van der Waals surface area contributed by atoms with Gasteiger partial charge in [0.25, 0.3) is 0 Å². The molecule has 0 aliphatic heterocycles. The molecule has 0 radical (unpaired) electrons. The van der Waals surface area contributed by atoms with Crippen LogP contribution in [-0.4, -0.2) is 23.3 Å². The van der Waals surface area contributed by atoms with E-state index in [1.54, 1.807) is 0 Å². The van der Waals surface area contributed by atoms with Crippen LogP contribution in [0.15, 0.2) is 28.7 Å². The fourth-order valence-electron chi connectivity index (χ4n) is 2.09. The van der Waals surface area contributed by atoms with Gasteiger partial charge in [0.1, 0.15) is 0 Å². The lowest BCUT2D eigenvalue weighted by Gasteiger charge is -2.21. The maximum atomic E-state index is 9.25. The highest BCUT2D eigenvalue weighted by Crippen LogP contribution is 2.35. The molecule has 1 atom stereocenters. The number of rotatable bonds is 5. The molecule has 88 valence electrons. The zero-order valence-corrected chi connectivity index (χ0v) is 11.1. The Morgan fingerprint density at radius 3 is 2.81 bits per heavy atom. The first-order valence-electron chi connectivity index (χ1n) is 5.77. The first kappa shape index (κ1) is 12.1. The molecule has 3 heteroatoms. The van der Waals surface area contributed by atoms with Crippen LogP contribution in [0.2, 0.25) is 0 Å². The van der Waals surface area contributed by atoms with Crippen LogP contribution in [0.5, 0.6) is 0 Å². The van der Waals surface area contributed by atoms with Crippen LogP contribution in [0.3, 0.4) is 0 Å². The van der Waals surface area contributed by atoms with Gasteiger partial charge in [-0.3, -0.25) is 0 Å². The molecule has 2 N–H and O–H groups in total. The Balaban J connectivity index is 1.89. The first-order chi connectivity index (χ1) is 7.63. The van der Waals surface area contributed by atoms with Gasteiger partial charge in [0.2, 0.25) is 0 Å². The summed E-state index contributed by atoms with van der Waals surface area (Å²) in [5.74, 6) is 0. The molecule has 1 saturated carbocycles. The fraction of sp³-hybridized carbons (Fsp3) is 0.538. The van der Waals surface area contributed by atoms with Crippen LogP contribution in [-0.2, 0) is 6.42 Å². The summed E-state index contributed by atoms with van der Waals surface area (Å²) in [6.45, 7) is 2.44. The number of nitrogens with one attached hydrogen (secondary N) is 1. The lowest BCUT2D eigenvalue weighted by molar-refractivity contribution is 0.220. The first-order valence-corrected chi connectivity index (χ1v) is 6.56. The van der Waals surface area contributed by atoms with Gasteiger partial charge in [0.15, 0.2) is 0 Å². The van der Waals surface area contributed by atoms with Crippen molar-refractivity contribution in [3.05, 3.63) is 34.3 Å². The van der Waals surface area contributed by atoms with Crippen LogP contribution in [0.1, 0.15) is 25.3 Å². The number of benzene rings is 1. The van der Waals surface area contributed by atoms with Crippen LogP contribution in [0.4, 0.5) is 0 Å². The van der Waals surface area contributed by atoms with Gasteiger partial charge in [0.05, 0.1) is 6.61 Å². The molecule has 2 rings (SSSR count). The highest BCUT2D eigenvalue weighted by Gasteiger charge is 2.42. The molecular weight excluding hydrogens is 266 g/mol. The molecular formula is C13H18BrNO. The van der Waals surface area contributed by atoms with E-state index < -0.39 is 0 Å². The van der Waals surface area contributed by atoms with E-state index in [0.717, 1.165) is 23.7 Å². The van der Waals surface area contributed by atoms with Gasteiger partial charge >= 0.3 is 0 Å². The Morgan fingerprint density at radius 2 is 2.25 bits per heavy atom. The largest absolute Gasteiger partial charge is 0.394 e. The molecule has 1 aliphatic rings. The maximum Gasteiger partial charge on any atom is 0.0613 e. The predicted molar refractivity (Wildman–Crippen MR) is 69.5 cm³/mol. The van der Waals surface area contributed by atoms with Gasteiger partial charge in [-0.1, -0.05) is 28.1 Å². The molecule has 1 fully saturated rings. The quantitative estimate of drug-likeness (QED) is 0.870. The highest BCUT2D eigenvalue weighted by atomic mass is 79.9. The molecule has 0 spiro atoms. The van der Waals surface area contributed by atoms with Crippen molar-refractivity contribution in [2.45, 2.75) is 37.8 Å². The molecule has 1 aromatic rings. The van der Waals surface area contributed by atoms with Crippen molar-refractivity contribution in [2.75, 3.05) is 6.61 Å². The SMILES string of the molecule is CC(Cc1cccc(Br)c1)NC1(CO)CC1. The van der Waals surface area contributed by atoms with Crippen molar-refractivity contribution in [3.63, 3.8) is 0 Å². The molecule has 1 aromatic carbocycles. The van der Waals surface area contributed by atoms with Crippen LogP contribution < -0.4 is 5.32 Å². The van der Waals surface area contributed by atoms with Crippen molar-refractivity contribution < 1.29 is 5.11 Å². The van der Waals surface area contributed by atoms with Gasteiger partial charge in [0, 0.05) is 16.1 Å². The summed E-state index contributed by atoms with van der Waals surface area (Å²) < 4.78 is 1.13. The van der Waals surface area contributed by atoms with Gasteiger partial charge in [-0.05, 0) is 43.9 Å². The Labute approximate surface area is 105 Å². The molecule has 0 saturated heterocycles. The van der Waals surface area contributed by atoms with E-state index in [1.165, 1.54) is 5.56 Å². The van der Waals surface area contributed by atoms with Crippen molar-refractivity contribution >= 4 is 15.9 Å². The lowest BCUT2D eigenvalue weighted by Crippen LogP contribution is -2.42.